The van der Waals surface area contributed by atoms with Crippen LogP contribution in [0.25, 0.3) is 0 Å². The number of carbonyl (C=O) groups excluding carboxylic acids is 1. The van der Waals surface area contributed by atoms with Crippen molar-refractivity contribution in [2.24, 2.45) is 0 Å². The number of rotatable bonds is 1. The minimum atomic E-state index is -0.382. The Morgan fingerprint density at radius 1 is 1.16 bits per heavy atom. The van der Waals surface area contributed by atoms with Crippen molar-refractivity contribution in [1.82, 2.24) is 0 Å². The van der Waals surface area contributed by atoms with Crippen molar-refractivity contribution in [2.75, 3.05) is 22.5 Å². The molecule has 19 heavy (non-hydrogen) atoms. The first-order chi connectivity index (χ1) is 9.15. The van der Waals surface area contributed by atoms with Gasteiger partial charge < -0.3 is 16.0 Å². The van der Waals surface area contributed by atoms with E-state index in [0.29, 0.717) is 17.1 Å². The maximum absolute atomic E-state index is 13.4. The van der Waals surface area contributed by atoms with Crippen LogP contribution in [0.5, 0.6) is 0 Å². The van der Waals surface area contributed by atoms with Gasteiger partial charge in [-0.2, -0.15) is 0 Å². The summed E-state index contributed by atoms with van der Waals surface area (Å²) in [6.45, 7) is 0.116. The van der Waals surface area contributed by atoms with Crippen LogP contribution < -0.4 is 16.0 Å². The third-order valence-corrected chi connectivity index (χ3v) is 3.05. The summed E-state index contributed by atoms with van der Waals surface area (Å²) in [6.07, 6.45) is 0. The molecule has 1 aliphatic heterocycles. The SMILES string of the molecule is Nc1ccc(F)cc1N1CC(=O)Nc2ccccc21. The van der Waals surface area contributed by atoms with Crippen LogP contribution in [0.15, 0.2) is 42.5 Å². The van der Waals surface area contributed by atoms with Crippen LogP contribution in [0, 0.1) is 5.82 Å². The lowest BCUT2D eigenvalue weighted by atomic mass is 10.1. The highest BCUT2D eigenvalue weighted by Crippen LogP contribution is 2.37. The van der Waals surface area contributed by atoms with Gasteiger partial charge in [0.2, 0.25) is 5.91 Å². The summed E-state index contributed by atoms with van der Waals surface area (Å²) < 4.78 is 13.4. The average Bonchev–Trinajstić information content (AvgIpc) is 2.40. The van der Waals surface area contributed by atoms with E-state index in [1.165, 1.54) is 18.2 Å². The van der Waals surface area contributed by atoms with Crippen molar-refractivity contribution < 1.29 is 9.18 Å². The summed E-state index contributed by atoms with van der Waals surface area (Å²) in [5.41, 5.74) is 8.32. The molecular formula is C14H12FN3O. The number of nitrogens with two attached hydrogens (primary N) is 1. The number of anilines is 4. The molecule has 0 unspecified atom stereocenters. The van der Waals surface area contributed by atoms with E-state index in [2.05, 4.69) is 5.32 Å². The van der Waals surface area contributed by atoms with Gasteiger partial charge in [0, 0.05) is 0 Å². The Morgan fingerprint density at radius 3 is 2.79 bits per heavy atom. The van der Waals surface area contributed by atoms with Gasteiger partial charge in [-0.05, 0) is 30.3 Å². The number of nitrogen functional groups attached to an aromatic ring is 1. The second-order valence-electron chi connectivity index (χ2n) is 4.35. The Balaban J connectivity index is 2.15. The van der Waals surface area contributed by atoms with Crippen LogP contribution in [0.4, 0.5) is 27.1 Å². The van der Waals surface area contributed by atoms with E-state index in [4.69, 9.17) is 5.73 Å². The fourth-order valence-corrected chi connectivity index (χ4v) is 2.20. The van der Waals surface area contributed by atoms with E-state index < -0.39 is 0 Å². The summed E-state index contributed by atoms with van der Waals surface area (Å²) in [7, 11) is 0. The van der Waals surface area contributed by atoms with Gasteiger partial charge in [-0.15, -0.1) is 0 Å². The van der Waals surface area contributed by atoms with E-state index >= 15 is 0 Å². The van der Waals surface area contributed by atoms with E-state index in [0.717, 1.165) is 5.69 Å². The van der Waals surface area contributed by atoms with E-state index in [9.17, 15) is 9.18 Å². The monoisotopic (exact) mass is 257 g/mol. The second-order valence-corrected chi connectivity index (χ2v) is 4.35. The van der Waals surface area contributed by atoms with Crippen LogP contribution in [0.2, 0.25) is 0 Å². The smallest absolute Gasteiger partial charge is 0.244 e. The van der Waals surface area contributed by atoms with Crippen molar-refractivity contribution in [3.05, 3.63) is 48.3 Å². The molecule has 4 nitrogen and oxygen atoms in total. The van der Waals surface area contributed by atoms with Gasteiger partial charge >= 0.3 is 0 Å². The minimum Gasteiger partial charge on any atom is -0.397 e. The van der Waals surface area contributed by atoms with E-state index in [1.54, 1.807) is 11.0 Å². The van der Waals surface area contributed by atoms with Crippen LogP contribution in [0.1, 0.15) is 0 Å². The molecular weight excluding hydrogens is 245 g/mol. The maximum Gasteiger partial charge on any atom is 0.244 e. The van der Waals surface area contributed by atoms with Gasteiger partial charge in [0.15, 0.2) is 0 Å². The van der Waals surface area contributed by atoms with Gasteiger partial charge in [-0.1, -0.05) is 12.1 Å². The van der Waals surface area contributed by atoms with E-state index in [1.807, 2.05) is 18.2 Å². The number of para-hydroxylation sites is 2. The lowest BCUT2D eigenvalue weighted by Gasteiger charge is -2.31. The van der Waals surface area contributed by atoms with Gasteiger partial charge in [0.1, 0.15) is 12.4 Å². The summed E-state index contributed by atoms with van der Waals surface area (Å²) in [6, 6.07) is 11.5. The number of nitrogens with one attached hydrogen (secondary N) is 1. The number of fused-ring (bicyclic) bond motifs is 1. The third kappa shape index (κ3) is 1.99. The predicted octanol–water partition coefficient (Wildman–Crippen LogP) is 2.50. The molecule has 3 rings (SSSR count). The van der Waals surface area contributed by atoms with Crippen molar-refractivity contribution in [1.29, 1.82) is 0 Å². The number of halogens is 1. The number of hydrogen-bond acceptors (Lipinski definition) is 3. The van der Waals surface area contributed by atoms with Gasteiger partial charge in [-0.3, -0.25) is 4.79 Å². The number of hydrogen-bond donors (Lipinski definition) is 2. The average molecular weight is 257 g/mol. The Kier molecular flexibility index (Phi) is 2.59. The molecule has 96 valence electrons. The lowest BCUT2D eigenvalue weighted by Crippen LogP contribution is -2.35. The molecule has 1 heterocycles. The normalized spacial score (nSPS) is 13.9. The Bertz CT molecular complexity index is 657. The first-order valence-electron chi connectivity index (χ1n) is 5.86. The van der Waals surface area contributed by atoms with Crippen LogP contribution >= 0.6 is 0 Å². The highest BCUT2D eigenvalue weighted by molar-refractivity contribution is 6.04. The Morgan fingerprint density at radius 2 is 1.95 bits per heavy atom. The molecule has 3 N–H and O–H groups in total. The third-order valence-electron chi connectivity index (χ3n) is 3.05. The highest BCUT2D eigenvalue weighted by Gasteiger charge is 2.24. The van der Waals surface area contributed by atoms with Crippen molar-refractivity contribution >= 4 is 28.7 Å². The molecule has 0 aromatic heterocycles. The van der Waals surface area contributed by atoms with Crippen molar-refractivity contribution in [3.63, 3.8) is 0 Å². The zero-order valence-electron chi connectivity index (χ0n) is 10.1. The minimum absolute atomic E-state index is 0.116. The molecule has 0 radical (unpaired) electrons. The number of amides is 1. The van der Waals surface area contributed by atoms with Gasteiger partial charge in [0.05, 0.1) is 22.7 Å². The molecule has 1 amide bonds. The topological polar surface area (TPSA) is 58.4 Å². The van der Waals surface area contributed by atoms with Crippen LogP contribution in [-0.2, 0) is 4.79 Å². The molecule has 0 atom stereocenters. The molecule has 0 saturated heterocycles. The lowest BCUT2D eigenvalue weighted by molar-refractivity contribution is -0.115. The fraction of sp³-hybridized carbons (Fsp3) is 0.0714. The maximum atomic E-state index is 13.4. The summed E-state index contributed by atoms with van der Waals surface area (Å²) in [5.74, 6) is -0.532. The standard InChI is InChI=1S/C14H12FN3O/c15-9-5-6-10(16)13(7-9)18-8-14(19)17-11-3-1-2-4-12(11)18/h1-7H,8,16H2,(H,17,19). The quantitative estimate of drug-likeness (QED) is 0.772. The zero-order chi connectivity index (χ0) is 13.4. The summed E-state index contributed by atoms with van der Waals surface area (Å²) in [4.78, 5) is 13.4. The van der Waals surface area contributed by atoms with Crippen LogP contribution in [0.3, 0.4) is 0 Å². The molecule has 0 aliphatic carbocycles. The molecule has 0 fully saturated rings. The second kappa shape index (κ2) is 4.28. The van der Waals surface area contributed by atoms with Crippen molar-refractivity contribution in [2.45, 2.75) is 0 Å². The van der Waals surface area contributed by atoms with Gasteiger partial charge in [-0.25, -0.2) is 4.39 Å². The molecule has 2 aromatic carbocycles. The largest absolute Gasteiger partial charge is 0.397 e. The summed E-state index contributed by atoms with van der Waals surface area (Å²) >= 11 is 0. The number of carbonyl (C=O) groups is 1. The fourth-order valence-electron chi connectivity index (χ4n) is 2.20. The first-order valence-corrected chi connectivity index (χ1v) is 5.86. The molecule has 5 heteroatoms. The Hall–Kier alpha value is -2.56. The summed E-state index contributed by atoms with van der Waals surface area (Å²) in [5, 5.41) is 2.78. The van der Waals surface area contributed by atoms with Crippen LogP contribution in [-0.4, -0.2) is 12.5 Å². The van der Waals surface area contributed by atoms with E-state index in [-0.39, 0.29) is 18.3 Å². The van der Waals surface area contributed by atoms with Crippen molar-refractivity contribution in [3.8, 4) is 0 Å². The molecule has 0 saturated carbocycles. The number of nitrogens with zero attached hydrogens (tertiary/aromatic N) is 1. The number of benzene rings is 2. The molecule has 2 aromatic rings. The molecule has 1 aliphatic rings. The zero-order valence-corrected chi connectivity index (χ0v) is 10.1. The highest BCUT2D eigenvalue weighted by atomic mass is 19.1. The Labute approximate surface area is 109 Å². The first kappa shape index (κ1) is 11.5. The predicted molar refractivity (Wildman–Crippen MR) is 72.9 cm³/mol. The molecule has 0 spiro atoms. The van der Waals surface area contributed by atoms with Gasteiger partial charge in [0.25, 0.3) is 0 Å². The molecule has 0 bridgehead atoms.